The Kier molecular flexibility index (Phi) is 17.4. The van der Waals surface area contributed by atoms with Gasteiger partial charge in [-0.15, -0.1) is 0 Å². The van der Waals surface area contributed by atoms with Gasteiger partial charge in [0.1, 0.15) is 0 Å². The van der Waals surface area contributed by atoms with Crippen molar-refractivity contribution in [3.05, 3.63) is 0 Å². The fourth-order valence-corrected chi connectivity index (χ4v) is 1.64. The van der Waals surface area contributed by atoms with E-state index in [0.29, 0.717) is 12.8 Å². The van der Waals surface area contributed by atoms with Gasteiger partial charge in [-0.2, -0.15) is 11.8 Å². The predicted molar refractivity (Wildman–Crippen MR) is 57.8 cm³/mol. The number of carbonyl (C=O) groups is 2. The van der Waals surface area contributed by atoms with Crippen LogP contribution in [-0.4, -0.2) is 23.4 Å². The largest absolute Gasteiger partial charge is 0.550 e. The first-order chi connectivity index (χ1) is 6.13. The summed E-state index contributed by atoms with van der Waals surface area (Å²) in [5.74, 6) is -0.590. The second-order valence-corrected chi connectivity index (χ2v) is 3.79. The Labute approximate surface area is 93.6 Å². The van der Waals surface area contributed by atoms with Gasteiger partial charge >= 0.3 is 0 Å². The van der Waals surface area contributed by atoms with Crippen molar-refractivity contribution in [2.45, 2.75) is 25.7 Å². The summed E-state index contributed by atoms with van der Waals surface area (Å²) >= 11 is 1.55. The predicted octanol–water partition coefficient (Wildman–Crippen LogP) is -0.468. The lowest BCUT2D eigenvalue weighted by Crippen LogP contribution is -2.22. The molecule has 15 heavy (non-hydrogen) atoms. The number of hydrogen-bond donors (Lipinski definition) is 2. The van der Waals surface area contributed by atoms with Gasteiger partial charge in [0.2, 0.25) is 0 Å². The standard InChI is InChI=1S/C8H14O4S.2H3N/c9-7(10)3-1-5-13-6-2-4-8(11)12;;/h1-6H2,(H,9,10)(H,11,12);2*1H3. The second kappa shape index (κ2) is 13.2. The van der Waals surface area contributed by atoms with E-state index in [1.54, 1.807) is 11.8 Å². The summed E-state index contributed by atoms with van der Waals surface area (Å²) < 4.78 is 0. The lowest BCUT2D eigenvalue weighted by molar-refractivity contribution is -0.307. The Balaban J connectivity index is -0.000000720. The maximum atomic E-state index is 9.97. The van der Waals surface area contributed by atoms with Crippen LogP contribution in [0.4, 0.5) is 0 Å². The number of rotatable bonds is 8. The molecule has 8 N–H and O–H groups in total. The van der Waals surface area contributed by atoms with Crippen molar-refractivity contribution in [1.82, 2.24) is 12.3 Å². The quantitative estimate of drug-likeness (QED) is 0.549. The molecule has 0 fully saturated rings. The van der Waals surface area contributed by atoms with Gasteiger partial charge in [0.25, 0.3) is 0 Å². The lowest BCUT2D eigenvalue weighted by atomic mass is 10.3. The molecule has 0 atom stereocenters. The van der Waals surface area contributed by atoms with Crippen molar-refractivity contribution in [3.8, 4) is 0 Å². The number of quaternary nitrogens is 2. The Morgan fingerprint density at radius 3 is 1.47 bits per heavy atom. The maximum absolute atomic E-state index is 9.97. The molecular weight excluding hydrogens is 220 g/mol. The lowest BCUT2D eigenvalue weighted by Gasteiger charge is -2.03. The molecular formula is C8H20N2O4S. The maximum Gasteiger partial charge on any atom is 0.0414 e. The molecule has 7 heteroatoms. The van der Waals surface area contributed by atoms with Gasteiger partial charge in [0.15, 0.2) is 0 Å². The molecule has 0 rings (SSSR count). The summed E-state index contributed by atoms with van der Waals surface area (Å²) in [5, 5.41) is 19.9. The molecule has 0 saturated heterocycles. The van der Waals surface area contributed by atoms with Crippen LogP contribution in [0.1, 0.15) is 25.7 Å². The summed E-state index contributed by atoms with van der Waals surface area (Å²) in [5.41, 5.74) is 0. The van der Waals surface area contributed by atoms with Crippen molar-refractivity contribution < 1.29 is 19.8 Å². The first-order valence-electron chi connectivity index (χ1n) is 4.10. The highest BCUT2D eigenvalue weighted by molar-refractivity contribution is 7.99. The summed E-state index contributed by atoms with van der Waals surface area (Å²) in [6.45, 7) is 0. The zero-order valence-electron chi connectivity index (χ0n) is 9.28. The van der Waals surface area contributed by atoms with Gasteiger partial charge in [-0.3, -0.25) is 0 Å². The molecule has 0 aromatic heterocycles. The fourth-order valence-electron chi connectivity index (χ4n) is 0.739. The topological polar surface area (TPSA) is 153 Å². The van der Waals surface area contributed by atoms with Gasteiger partial charge < -0.3 is 32.1 Å². The minimum absolute atomic E-state index is 0. The van der Waals surface area contributed by atoms with Crippen LogP contribution in [0.25, 0.3) is 0 Å². The monoisotopic (exact) mass is 240 g/mol. The Hall–Kier alpha value is -0.790. The van der Waals surface area contributed by atoms with E-state index < -0.39 is 11.9 Å². The number of carboxylic acid groups (broad SMARTS) is 2. The van der Waals surface area contributed by atoms with E-state index in [1.807, 2.05) is 0 Å². The number of carboxylic acids is 2. The molecule has 0 heterocycles. The highest BCUT2D eigenvalue weighted by Gasteiger charge is 1.92. The second-order valence-electron chi connectivity index (χ2n) is 2.56. The molecule has 0 spiro atoms. The fraction of sp³-hybridized carbons (Fsp3) is 0.750. The van der Waals surface area contributed by atoms with Crippen LogP contribution >= 0.6 is 11.8 Å². The Morgan fingerprint density at radius 2 is 1.20 bits per heavy atom. The van der Waals surface area contributed by atoms with Crippen LogP contribution in [0, 0.1) is 0 Å². The normalized spacial score (nSPS) is 8.53. The zero-order chi connectivity index (χ0) is 10.1. The number of hydrogen-bond acceptors (Lipinski definition) is 5. The molecule has 0 aromatic rings. The minimum Gasteiger partial charge on any atom is -0.550 e. The number of thioether (sulfide) groups is 1. The zero-order valence-corrected chi connectivity index (χ0v) is 10.1. The van der Waals surface area contributed by atoms with Gasteiger partial charge in [-0.1, -0.05) is 0 Å². The highest BCUT2D eigenvalue weighted by atomic mass is 32.2. The van der Waals surface area contributed by atoms with Crippen molar-refractivity contribution in [2.75, 3.05) is 11.5 Å². The van der Waals surface area contributed by atoms with Gasteiger partial charge in [0.05, 0.1) is 0 Å². The van der Waals surface area contributed by atoms with E-state index in [-0.39, 0.29) is 25.1 Å². The van der Waals surface area contributed by atoms with Crippen molar-refractivity contribution >= 4 is 23.7 Å². The van der Waals surface area contributed by atoms with E-state index in [0.717, 1.165) is 11.5 Å². The first kappa shape index (κ1) is 19.7. The summed E-state index contributed by atoms with van der Waals surface area (Å²) in [6, 6.07) is 0. The molecule has 0 aliphatic heterocycles. The average Bonchev–Trinajstić information content (AvgIpc) is 2.01. The first-order valence-corrected chi connectivity index (χ1v) is 5.26. The third kappa shape index (κ3) is 19.6. The van der Waals surface area contributed by atoms with Crippen LogP contribution in [-0.2, 0) is 9.59 Å². The van der Waals surface area contributed by atoms with Crippen LogP contribution in [0.5, 0.6) is 0 Å². The molecule has 92 valence electrons. The van der Waals surface area contributed by atoms with Crippen LogP contribution < -0.4 is 22.5 Å². The van der Waals surface area contributed by atoms with Crippen molar-refractivity contribution in [1.29, 1.82) is 0 Å². The van der Waals surface area contributed by atoms with E-state index >= 15 is 0 Å². The molecule has 0 amide bonds. The van der Waals surface area contributed by atoms with Gasteiger partial charge in [-0.05, 0) is 37.2 Å². The minimum atomic E-state index is -1.03. The van der Waals surface area contributed by atoms with Crippen molar-refractivity contribution in [3.63, 3.8) is 0 Å². The summed E-state index contributed by atoms with van der Waals surface area (Å²) in [6.07, 6.45) is 1.32. The highest BCUT2D eigenvalue weighted by Crippen LogP contribution is 2.07. The summed E-state index contributed by atoms with van der Waals surface area (Å²) in [4.78, 5) is 19.9. The molecule has 0 aromatic carbocycles. The van der Waals surface area contributed by atoms with Crippen LogP contribution in [0.2, 0.25) is 0 Å². The van der Waals surface area contributed by atoms with E-state index in [1.165, 1.54) is 0 Å². The number of carbonyl (C=O) groups excluding carboxylic acids is 2. The van der Waals surface area contributed by atoms with Gasteiger partial charge in [0, 0.05) is 11.9 Å². The van der Waals surface area contributed by atoms with E-state index in [2.05, 4.69) is 0 Å². The molecule has 0 saturated carbocycles. The SMILES string of the molecule is O=C([O-])CCCSCCCC(=O)[O-].[NH4+].[NH4+]. The smallest absolute Gasteiger partial charge is 0.0414 e. The third-order valence-electron chi connectivity index (χ3n) is 1.34. The van der Waals surface area contributed by atoms with Gasteiger partial charge in [-0.25, -0.2) is 0 Å². The molecule has 0 radical (unpaired) electrons. The Bertz CT molecular complexity index is 160. The van der Waals surface area contributed by atoms with Crippen molar-refractivity contribution in [2.24, 2.45) is 0 Å². The third-order valence-corrected chi connectivity index (χ3v) is 2.49. The molecule has 0 aliphatic rings. The Morgan fingerprint density at radius 1 is 0.867 bits per heavy atom. The average molecular weight is 240 g/mol. The molecule has 0 unspecified atom stereocenters. The number of aliphatic carboxylic acids is 2. The molecule has 0 bridgehead atoms. The molecule has 0 aliphatic carbocycles. The summed E-state index contributed by atoms with van der Waals surface area (Å²) in [7, 11) is 0. The van der Waals surface area contributed by atoms with E-state index in [9.17, 15) is 19.8 Å². The van der Waals surface area contributed by atoms with Crippen LogP contribution in [0.3, 0.4) is 0 Å². The molecule has 6 nitrogen and oxygen atoms in total. The van der Waals surface area contributed by atoms with E-state index in [4.69, 9.17) is 0 Å². The van der Waals surface area contributed by atoms with Crippen LogP contribution in [0.15, 0.2) is 0 Å².